The zero-order valence-electron chi connectivity index (χ0n) is 11.7. The summed E-state index contributed by atoms with van der Waals surface area (Å²) in [7, 11) is 4.87. The van der Waals surface area contributed by atoms with Crippen LogP contribution in [0, 0.1) is 0 Å². The molecule has 1 aromatic carbocycles. The maximum absolute atomic E-state index is 11.7. The average Bonchev–Trinajstić information content (AvgIpc) is 2.43. The Labute approximate surface area is 118 Å². The van der Waals surface area contributed by atoms with Crippen LogP contribution in [-0.2, 0) is 15.3 Å². The highest BCUT2D eigenvalue weighted by Crippen LogP contribution is 2.19. The van der Waals surface area contributed by atoms with Crippen molar-refractivity contribution in [3.05, 3.63) is 35.4 Å². The molecule has 1 rings (SSSR count). The molecule has 1 amide bonds. The van der Waals surface area contributed by atoms with Gasteiger partial charge in [0, 0.05) is 19.8 Å². The Morgan fingerprint density at radius 1 is 1.26 bits per heavy atom. The maximum Gasteiger partial charge on any atom is 0.337 e. The summed E-state index contributed by atoms with van der Waals surface area (Å²) in [5.41, 5.74) is 1.62. The zero-order chi connectivity index (χ0) is 14.4. The van der Waals surface area contributed by atoms with E-state index in [-0.39, 0.29) is 17.1 Å². The number of benzene rings is 1. The summed E-state index contributed by atoms with van der Waals surface area (Å²) in [4.78, 5) is 24.6. The van der Waals surface area contributed by atoms with E-state index in [2.05, 4.69) is 4.74 Å². The van der Waals surface area contributed by atoms with Gasteiger partial charge in [0.15, 0.2) is 0 Å². The fourth-order valence-corrected chi connectivity index (χ4v) is 2.50. The molecule has 0 heterocycles. The first-order valence-corrected chi connectivity index (χ1v) is 7.00. The average molecular weight is 281 g/mol. The second-order valence-corrected chi connectivity index (χ2v) is 5.70. The predicted octanol–water partition coefficient (Wildman–Crippen LogP) is 2.18. The number of rotatable bonds is 5. The molecule has 0 aliphatic rings. The number of hydrogen-bond donors (Lipinski definition) is 0. The lowest BCUT2D eigenvalue weighted by molar-refractivity contribution is -0.127. The number of ether oxygens (including phenoxy) is 1. The molecule has 0 radical (unpaired) electrons. The molecule has 0 saturated heterocycles. The van der Waals surface area contributed by atoms with Crippen LogP contribution in [0.3, 0.4) is 0 Å². The van der Waals surface area contributed by atoms with E-state index in [4.69, 9.17) is 0 Å². The van der Waals surface area contributed by atoms with E-state index in [1.807, 2.05) is 19.1 Å². The summed E-state index contributed by atoms with van der Waals surface area (Å²) in [6.45, 7) is 1.90. The Morgan fingerprint density at radius 2 is 1.84 bits per heavy atom. The van der Waals surface area contributed by atoms with Crippen LogP contribution >= 0.6 is 11.8 Å². The number of methoxy groups -OCH3 is 1. The molecule has 0 aliphatic carbocycles. The molecule has 0 spiro atoms. The SMILES string of the molecule is COC(=O)c1ccc(CSC(C)C(=O)N(C)C)cc1. The quantitative estimate of drug-likeness (QED) is 0.776. The van der Waals surface area contributed by atoms with Crippen molar-refractivity contribution < 1.29 is 14.3 Å². The van der Waals surface area contributed by atoms with E-state index >= 15 is 0 Å². The van der Waals surface area contributed by atoms with Gasteiger partial charge in [-0.05, 0) is 24.6 Å². The third-order valence-electron chi connectivity index (χ3n) is 2.66. The minimum atomic E-state index is -0.338. The molecule has 5 heteroatoms. The highest BCUT2D eigenvalue weighted by Gasteiger charge is 2.15. The number of thioether (sulfide) groups is 1. The lowest BCUT2D eigenvalue weighted by Gasteiger charge is -2.16. The van der Waals surface area contributed by atoms with Crippen LogP contribution in [0.25, 0.3) is 0 Å². The van der Waals surface area contributed by atoms with Crippen LogP contribution in [0.1, 0.15) is 22.8 Å². The minimum absolute atomic E-state index is 0.0738. The van der Waals surface area contributed by atoms with Crippen LogP contribution < -0.4 is 0 Å². The highest BCUT2D eigenvalue weighted by molar-refractivity contribution is 7.99. The number of carbonyl (C=O) groups is 2. The van der Waals surface area contributed by atoms with Crippen molar-refractivity contribution in [1.82, 2.24) is 4.90 Å². The number of carbonyl (C=O) groups excluding carboxylic acids is 2. The predicted molar refractivity (Wildman–Crippen MR) is 77.2 cm³/mol. The van der Waals surface area contributed by atoms with E-state index in [0.29, 0.717) is 5.56 Å². The smallest absolute Gasteiger partial charge is 0.337 e. The van der Waals surface area contributed by atoms with Crippen molar-refractivity contribution in [2.75, 3.05) is 21.2 Å². The molecular formula is C14H19NO3S. The van der Waals surface area contributed by atoms with Crippen molar-refractivity contribution in [2.24, 2.45) is 0 Å². The number of nitrogens with zero attached hydrogens (tertiary/aromatic N) is 1. The van der Waals surface area contributed by atoms with Gasteiger partial charge in [-0.3, -0.25) is 4.79 Å². The summed E-state index contributed by atoms with van der Waals surface area (Å²) in [5, 5.41) is -0.0738. The van der Waals surface area contributed by atoms with Gasteiger partial charge in [-0.25, -0.2) is 4.79 Å². The Morgan fingerprint density at radius 3 is 2.32 bits per heavy atom. The standard InChI is InChI=1S/C14H19NO3S/c1-10(13(16)15(2)3)19-9-11-5-7-12(8-6-11)14(17)18-4/h5-8,10H,9H2,1-4H3. The van der Waals surface area contributed by atoms with E-state index in [0.717, 1.165) is 11.3 Å². The van der Waals surface area contributed by atoms with Gasteiger partial charge in [0.05, 0.1) is 17.9 Å². The van der Waals surface area contributed by atoms with Crippen molar-refractivity contribution in [3.63, 3.8) is 0 Å². The molecule has 19 heavy (non-hydrogen) atoms. The number of hydrogen-bond acceptors (Lipinski definition) is 4. The lowest BCUT2D eigenvalue weighted by atomic mass is 10.1. The summed E-state index contributed by atoms with van der Waals surface area (Å²) < 4.78 is 4.64. The Kier molecular flexibility index (Phi) is 5.89. The van der Waals surface area contributed by atoms with E-state index in [1.54, 1.807) is 42.9 Å². The van der Waals surface area contributed by atoms with Crippen LogP contribution in [0.2, 0.25) is 0 Å². The zero-order valence-corrected chi connectivity index (χ0v) is 12.5. The van der Waals surface area contributed by atoms with E-state index in [9.17, 15) is 9.59 Å². The number of esters is 1. The molecule has 0 aliphatic heterocycles. The normalized spacial score (nSPS) is 11.8. The monoisotopic (exact) mass is 281 g/mol. The molecule has 0 fully saturated rings. The second kappa shape index (κ2) is 7.19. The minimum Gasteiger partial charge on any atom is -0.465 e. The lowest BCUT2D eigenvalue weighted by Crippen LogP contribution is -2.29. The summed E-state index contributed by atoms with van der Waals surface area (Å²) in [5.74, 6) is 0.508. The Balaban J connectivity index is 2.55. The topological polar surface area (TPSA) is 46.6 Å². The van der Waals surface area contributed by atoms with Gasteiger partial charge in [0.2, 0.25) is 5.91 Å². The Hall–Kier alpha value is -1.49. The van der Waals surface area contributed by atoms with E-state index in [1.165, 1.54) is 7.11 Å². The maximum atomic E-state index is 11.7. The van der Waals surface area contributed by atoms with Gasteiger partial charge in [-0.2, -0.15) is 0 Å². The molecule has 4 nitrogen and oxygen atoms in total. The first-order chi connectivity index (χ1) is 8.95. The molecule has 0 aromatic heterocycles. The summed E-state index contributed by atoms with van der Waals surface area (Å²) >= 11 is 1.58. The molecule has 1 unspecified atom stereocenters. The first kappa shape index (κ1) is 15.6. The summed E-state index contributed by atoms with van der Waals surface area (Å²) in [6.07, 6.45) is 0. The molecule has 0 saturated carbocycles. The number of amides is 1. The molecule has 1 atom stereocenters. The van der Waals surface area contributed by atoms with Gasteiger partial charge in [-0.15, -0.1) is 11.8 Å². The molecule has 1 aromatic rings. The summed E-state index contributed by atoms with van der Waals surface area (Å²) in [6, 6.07) is 7.23. The van der Waals surface area contributed by atoms with Gasteiger partial charge < -0.3 is 9.64 Å². The van der Waals surface area contributed by atoms with Gasteiger partial charge in [-0.1, -0.05) is 12.1 Å². The first-order valence-electron chi connectivity index (χ1n) is 5.95. The van der Waals surface area contributed by atoms with Gasteiger partial charge in [0.25, 0.3) is 0 Å². The van der Waals surface area contributed by atoms with Gasteiger partial charge >= 0.3 is 5.97 Å². The molecule has 104 valence electrons. The van der Waals surface area contributed by atoms with Crippen molar-refractivity contribution in [2.45, 2.75) is 17.9 Å². The second-order valence-electron chi connectivity index (χ2n) is 4.37. The van der Waals surface area contributed by atoms with Crippen molar-refractivity contribution in [3.8, 4) is 0 Å². The fourth-order valence-electron chi connectivity index (χ4n) is 1.51. The Bertz CT molecular complexity index is 443. The van der Waals surface area contributed by atoms with E-state index < -0.39 is 0 Å². The van der Waals surface area contributed by atoms with Crippen LogP contribution in [0.5, 0.6) is 0 Å². The van der Waals surface area contributed by atoms with Crippen molar-refractivity contribution in [1.29, 1.82) is 0 Å². The van der Waals surface area contributed by atoms with Crippen LogP contribution in [0.15, 0.2) is 24.3 Å². The third-order valence-corrected chi connectivity index (χ3v) is 3.87. The van der Waals surface area contributed by atoms with Crippen LogP contribution in [-0.4, -0.2) is 43.2 Å². The molecule has 0 N–H and O–H groups in total. The largest absolute Gasteiger partial charge is 0.465 e. The third kappa shape index (κ3) is 4.59. The molecule has 0 bridgehead atoms. The van der Waals surface area contributed by atoms with Crippen LogP contribution in [0.4, 0.5) is 0 Å². The highest BCUT2D eigenvalue weighted by atomic mass is 32.2. The van der Waals surface area contributed by atoms with Crippen molar-refractivity contribution >= 4 is 23.6 Å². The molecular weight excluding hydrogens is 262 g/mol. The fraction of sp³-hybridized carbons (Fsp3) is 0.429. The van der Waals surface area contributed by atoms with Gasteiger partial charge in [0.1, 0.15) is 0 Å².